The molecule has 1 amide bonds. The molecule has 0 unspecified atom stereocenters. The van der Waals surface area contributed by atoms with E-state index in [0.717, 1.165) is 69.5 Å². The fourth-order valence-corrected chi connectivity index (χ4v) is 4.98. The standard InChI is InChI=1S/C25H30N4O3/c30-24(4-3-18-2-1-9-26-15-18)27-11-6-21-22-16-29(17-23(21)22)19-5-10-28-25(14-19)32-20-7-12-31-13-8-20/h1-5,9-10,14-15,20-23H,6-8,11-13,16-17H2,(H,27,30)/b4-3+/t21-,22-,23+. The van der Waals surface area contributed by atoms with Gasteiger partial charge >= 0.3 is 0 Å². The zero-order valence-electron chi connectivity index (χ0n) is 18.2. The Morgan fingerprint density at radius 1 is 1.22 bits per heavy atom. The van der Waals surface area contributed by atoms with Crippen molar-refractivity contribution in [1.29, 1.82) is 0 Å². The van der Waals surface area contributed by atoms with E-state index in [4.69, 9.17) is 9.47 Å². The van der Waals surface area contributed by atoms with Gasteiger partial charge < -0.3 is 19.7 Å². The first-order valence-electron chi connectivity index (χ1n) is 11.6. The fourth-order valence-electron chi connectivity index (χ4n) is 4.98. The largest absolute Gasteiger partial charge is 0.474 e. The highest BCUT2D eigenvalue weighted by atomic mass is 16.5. The number of carbonyl (C=O) groups is 1. The number of amides is 1. The highest BCUT2D eigenvalue weighted by molar-refractivity contribution is 5.91. The van der Waals surface area contributed by atoms with Crippen LogP contribution in [0, 0.1) is 17.8 Å². The van der Waals surface area contributed by atoms with Crippen molar-refractivity contribution in [2.45, 2.75) is 25.4 Å². The summed E-state index contributed by atoms with van der Waals surface area (Å²) < 4.78 is 11.5. The number of anilines is 1. The molecule has 2 aliphatic heterocycles. The molecule has 0 aromatic carbocycles. The monoisotopic (exact) mass is 434 g/mol. The molecule has 1 aliphatic carbocycles. The van der Waals surface area contributed by atoms with Crippen LogP contribution in [-0.4, -0.2) is 54.8 Å². The molecule has 7 nitrogen and oxygen atoms in total. The van der Waals surface area contributed by atoms with Gasteiger partial charge in [0.25, 0.3) is 0 Å². The van der Waals surface area contributed by atoms with E-state index in [1.165, 1.54) is 5.69 Å². The minimum absolute atomic E-state index is 0.0462. The predicted octanol–water partition coefficient (Wildman–Crippen LogP) is 2.94. The summed E-state index contributed by atoms with van der Waals surface area (Å²) in [5.41, 5.74) is 2.12. The Kier molecular flexibility index (Phi) is 6.34. The lowest BCUT2D eigenvalue weighted by molar-refractivity contribution is -0.116. The highest BCUT2D eigenvalue weighted by Gasteiger charge is 2.54. The third-order valence-corrected chi connectivity index (χ3v) is 6.80. The molecule has 2 aromatic heterocycles. The Morgan fingerprint density at radius 3 is 2.84 bits per heavy atom. The van der Waals surface area contributed by atoms with E-state index < -0.39 is 0 Å². The molecule has 2 saturated heterocycles. The first-order chi connectivity index (χ1) is 15.8. The molecule has 0 bridgehead atoms. The maximum Gasteiger partial charge on any atom is 0.244 e. The summed E-state index contributed by atoms with van der Waals surface area (Å²) in [4.78, 5) is 22.9. The van der Waals surface area contributed by atoms with Gasteiger partial charge in [-0.05, 0) is 47.9 Å². The van der Waals surface area contributed by atoms with Crippen molar-refractivity contribution in [3.05, 3.63) is 54.5 Å². The van der Waals surface area contributed by atoms with Crippen molar-refractivity contribution in [2.75, 3.05) is 37.7 Å². The van der Waals surface area contributed by atoms with Crippen molar-refractivity contribution in [2.24, 2.45) is 17.8 Å². The van der Waals surface area contributed by atoms with Crippen LogP contribution in [0.1, 0.15) is 24.8 Å². The lowest BCUT2D eigenvalue weighted by Crippen LogP contribution is -2.27. The maximum absolute atomic E-state index is 12.0. The average molecular weight is 435 g/mol. The van der Waals surface area contributed by atoms with Crippen molar-refractivity contribution < 1.29 is 14.3 Å². The van der Waals surface area contributed by atoms with Crippen LogP contribution in [-0.2, 0) is 9.53 Å². The molecule has 4 heterocycles. The summed E-state index contributed by atoms with van der Waals surface area (Å²) in [5, 5.41) is 3.01. The quantitative estimate of drug-likeness (QED) is 0.644. The third-order valence-electron chi connectivity index (χ3n) is 6.80. The van der Waals surface area contributed by atoms with Crippen LogP contribution in [0.2, 0.25) is 0 Å². The Bertz CT molecular complexity index is 933. The van der Waals surface area contributed by atoms with Gasteiger partial charge in [-0.2, -0.15) is 0 Å². The van der Waals surface area contributed by atoms with Gasteiger partial charge in [0.1, 0.15) is 6.10 Å². The summed E-state index contributed by atoms with van der Waals surface area (Å²) in [5.74, 6) is 2.84. The van der Waals surface area contributed by atoms with E-state index in [0.29, 0.717) is 11.8 Å². The molecule has 7 heteroatoms. The number of nitrogens with zero attached hydrogens (tertiary/aromatic N) is 3. The SMILES string of the molecule is O=C(/C=C/c1cccnc1)NCC[C@@H]1[C@H]2CN(c3ccnc(OC4CCOCC4)c3)C[C@@H]12. The molecule has 3 atom stereocenters. The normalized spacial score (nSPS) is 25.0. The minimum Gasteiger partial charge on any atom is -0.474 e. The molecule has 3 fully saturated rings. The lowest BCUT2D eigenvalue weighted by Gasteiger charge is -2.25. The van der Waals surface area contributed by atoms with Crippen molar-refractivity contribution in [1.82, 2.24) is 15.3 Å². The van der Waals surface area contributed by atoms with Crippen LogP contribution in [0.4, 0.5) is 5.69 Å². The molecular weight excluding hydrogens is 404 g/mol. The number of hydrogen-bond donors (Lipinski definition) is 1. The van der Waals surface area contributed by atoms with Crippen LogP contribution < -0.4 is 15.0 Å². The number of fused-ring (bicyclic) bond motifs is 1. The molecule has 168 valence electrons. The van der Waals surface area contributed by atoms with E-state index in [2.05, 4.69) is 32.3 Å². The maximum atomic E-state index is 12.0. The van der Waals surface area contributed by atoms with Crippen LogP contribution in [0.5, 0.6) is 5.88 Å². The molecular formula is C25H30N4O3. The molecule has 0 spiro atoms. The van der Waals surface area contributed by atoms with E-state index >= 15 is 0 Å². The van der Waals surface area contributed by atoms with E-state index in [1.807, 2.05) is 18.3 Å². The Balaban J connectivity index is 1.04. The van der Waals surface area contributed by atoms with E-state index in [1.54, 1.807) is 24.5 Å². The second-order valence-corrected chi connectivity index (χ2v) is 8.88. The first kappa shape index (κ1) is 20.9. The van der Waals surface area contributed by atoms with Crippen molar-refractivity contribution in [3.63, 3.8) is 0 Å². The second kappa shape index (κ2) is 9.69. The Morgan fingerprint density at radius 2 is 2.06 bits per heavy atom. The number of pyridine rings is 2. The molecule has 2 aromatic rings. The molecule has 5 rings (SSSR count). The predicted molar refractivity (Wildman–Crippen MR) is 122 cm³/mol. The molecule has 0 radical (unpaired) electrons. The van der Waals surface area contributed by atoms with Gasteiger partial charge in [0.2, 0.25) is 11.8 Å². The highest BCUT2D eigenvalue weighted by Crippen LogP contribution is 2.54. The van der Waals surface area contributed by atoms with Crippen molar-refractivity contribution >= 4 is 17.7 Å². The number of hydrogen-bond acceptors (Lipinski definition) is 6. The van der Waals surface area contributed by atoms with E-state index in [9.17, 15) is 4.79 Å². The van der Waals surface area contributed by atoms with Crippen molar-refractivity contribution in [3.8, 4) is 5.88 Å². The number of carbonyl (C=O) groups excluding carboxylic acids is 1. The number of nitrogens with one attached hydrogen (secondary N) is 1. The van der Waals surface area contributed by atoms with Gasteiger partial charge in [-0.15, -0.1) is 0 Å². The summed E-state index contributed by atoms with van der Waals surface area (Å²) >= 11 is 0. The zero-order chi connectivity index (χ0) is 21.8. The second-order valence-electron chi connectivity index (χ2n) is 8.88. The number of rotatable bonds is 8. The lowest BCUT2D eigenvalue weighted by atomic mass is 10.1. The topological polar surface area (TPSA) is 76.6 Å². The smallest absolute Gasteiger partial charge is 0.244 e. The van der Waals surface area contributed by atoms with Gasteiger partial charge in [0.15, 0.2) is 0 Å². The summed E-state index contributed by atoms with van der Waals surface area (Å²) in [6, 6.07) is 7.94. The van der Waals surface area contributed by atoms with Gasteiger partial charge in [0, 0.05) is 68.9 Å². The fraction of sp³-hybridized carbons (Fsp3) is 0.480. The Labute approximate surface area is 188 Å². The van der Waals surface area contributed by atoms with Crippen LogP contribution in [0.15, 0.2) is 48.9 Å². The molecule has 3 aliphatic rings. The van der Waals surface area contributed by atoms with Crippen LogP contribution in [0.25, 0.3) is 6.08 Å². The third kappa shape index (κ3) is 5.10. The molecule has 32 heavy (non-hydrogen) atoms. The Hall–Kier alpha value is -2.93. The first-order valence-corrected chi connectivity index (χ1v) is 11.6. The van der Waals surface area contributed by atoms with Gasteiger partial charge in [-0.1, -0.05) is 6.07 Å². The van der Waals surface area contributed by atoms with Gasteiger partial charge in [0.05, 0.1) is 13.2 Å². The molecule has 1 saturated carbocycles. The minimum atomic E-state index is -0.0462. The summed E-state index contributed by atoms with van der Waals surface area (Å²) in [6.07, 6.45) is 11.8. The number of piperidine rings is 1. The van der Waals surface area contributed by atoms with Crippen LogP contribution in [0.3, 0.4) is 0 Å². The van der Waals surface area contributed by atoms with E-state index in [-0.39, 0.29) is 12.0 Å². The molecule has 1 N–H and O–H groups in total. The van der Waals surface area contributed by atoms with Gasteiger partial charge in [-0.25, -0.2) is 4.98 Å². The number of ether oxygens (including phenoxy) is 2. The zero-order valence-corrected chi connectivity index (χ0v) is 18.2. The average Bonchev–Trinajstić information content (AvgIpc) is 3.27. The summed E-state index contributed by atoms with van der Waals surface area (Å²) in [6.45, 7) is 4.41. The number of aromatic nitrogens is 2. The summed E-state index contributed by atoms with van der Waals surface area (Å²) in [7, 11) is 0. The van der Waals surface area contributed by atoms with Gasteiger partial charge in [-0.3, -0.25) is 9.78 Å². The van der Waals surface area contributed by atoms with Crippen LogP contribution >= 0.6 is 0 Å².